The van der Waals surface area contributed by atoms with Crippen molar-refractivity contribution in [2.75, 3.05) is 13.7 Å². The molecule has 3 rings (SSSR count). The maximum Gasteiger partial charge on any atom is 0.408 e. The van der Waals surface area contributed by atoms with Crippen LogP contribution in [0, 0.1) is 0 Å². The molecule has 12 heteroatoms. The summed E-state index contributed by atoms with van der Waals surface area (Å²) in [6.45, 7) is 9.31. The lowest BCUT2D eigenvalue weighted by Crippen LogP contribution is -2.41. The van der Waals surface area contributed by atoms with Crippen LogP contribution in [0.3, 0.4) is 0 Å². The Bertz CT molecular complexity index is 1290. The Balaban J connectivity index is 1.96. The summed E-state index contributed by atoms with van der Waals surface area (Å²) in [5, 5.41) is 6.05. The van der Waals surface area contributed by atoms with Crippen LogP contribution in [0.25, 0.3) is 11.5 Å². The fourth-order valence-electron chi connectivity index (χ4n) is 3.38. The highest BCUT2D eigenvalue weighted by molar-refractivity contribution is 6.35. The minimum Gasteiger partial charge on any atom is -0.493 e. The summed E-state index contributed by atoms with van der Waals surface area (Å²) in [6.07, 6.45) is 1.24. The molecule has 2 amide bonds. The first-order valence-corrected chi connectivity index (χ1v) is 12.6. The van der Waals surface area contributed by atoms with Crippen LogP contribution in [0.2, 0.25) is 10.0 Å². The van der Waals surface area contributed by atoms with E-state index in [-0.39, 0.29) is 23.9 Å². The van der Waals surface area contributed by atoms with E-state index in [0.717, 1.165) is 0 Å². The number of methoxy groups -OCH3 is 1. The Morgan fingerprint density at radius 3 is 2.42 bits per heavy atom. The fourth-order valence-corrected chi connectivity index (χ4v) is 3.88. The second kappa shape index (κ2) is 12.4. The molecule has 0 unspecified atom stereocenters. The summed E-state index contributed by atoms with van der Waals surface area (Å²) < 4.78 is 22.5. The van der Waals surface area contributed by atoms with Gasteiger partial charge in [-0.05, 0) is 52.8 Å². The monoisotopic (exact) mass is 564 g/mol. The van der Waals surface area contributed by atoms with E-state index in [9.17, 15) is 9.59 Å². The maximum atomic E-state index is 13.3. The number of nitrogens with one attached hydrogen (secondary N) is 2. The Kier molecular flexibility index (Phi) is 9.45. The lowest BCUT2D eigenvalue weighted by atomic mass is 10.1. The van der Waals surface area contributed by atoms with Crippen LogP contribution >= 0.6 is 23.2 Å². The number of nitrogens with zero attached hydrogens (tertiary/aromatic N) is 2. The zero-order chi connectivity index (χ0) is 28.0. The molecule has 2 heterocycles. The largest absolute Gasteiger partial charge is 0.493 e. The summed E-state index contributed by atoms with van der Waals surface area (Å²) in [5.41, 5.74) is 0.436. The molecular formula is C26H30Cl2N4O6. The van der Waals surface area contributed by atoms with E-state index in [4.69, 9.17) is 41.8 Å². The number of amides is 2. The maximum absolute atomic E-state index is 13.3. The Labute approximate surface area is 231 Å². The Hall–Kier alpha value is -3.50. The highest BCUT2D eigenvalue weighted by atomic mass is 35.5. The van der Waals surface area contributed by atoms with Gasteiger partial charge >= 0.3 is 6.09 Å². The molecule has 0 spiro atoms. The smallest absolute Gasteiger partial charge is 0.408 e. The number of hydrogen-bond donors (Lipinski definition) is 2. The van der Waals surface area contributed by atoms with Crippen molar-refractivity contribution in [1.29, 1.82) is 0 Å². The Morgan fingerprint density at radius 1 is 1.13 bits per heavy atom. The molecule has 0 fully saturated rings. The van der Waals surface area contributed by atoms with Gasteiger partial charge in [0, 0.05) is 35.6 Å². The van der Waals surface area contributed by atoms with Crippen LogP contribution in [-0.4, -0.2) is 41.2 Å². The van der Waals surface area contributed by atoms with Crippen LogP contribution in [0.1, 0.15) is 62.5 Å². The molecule has 0 aliphatic carbocycles. The number of oxazole rings is 1. The van der Waals surface area contributed by atoms with E-state index in [2.05, 4.69) is 20.6 Å². The molecular weight excluding hydrogens is 535 g/mol. The number of hydrogen-bond acceptors (Lipinski definition) is 8. The number of benzene rings is 1. The summed E-state index contributed by atoms with van der Waals surface area (Å²) in [6, 6.07) is 5.11. The quantitative estimate of drug-likeness (QED) is 0.325. The molecule has 0 aliphatic rings. The molecule has 0 bridgehead atoms. The van der Waals surface area contributed by atoms with Crippen molar-refractivity contribution in [3.05, 3.63) is 57.7 Å². The predicted molar refractivity (Wildman–Crippen MR) is 143 cm³/mol. The SMILES string of the molecule is CCOc1cc(-c2nc(C(=O)NCc3c(Cl)cncc3Cl)c([C@H](C)OC(=O)NC(C)(C)C)o2)ccc1OC. The molecule has 3 aromatic rings. The van der Waals surface area contributed by atoms with Gasteiger partial charge in [0.25, 0.3) is 5.91 Å². The summed E-state index contributed by atoms with van der Waals surface area (Å²) in [4.78, 5) is 34.0. The van der Waals surface area contributed by atoms with Crippen LogP contribution < -0.4 is 20.1 Å². The van der Waals surface area contributed by atoms with Crippen LogP contribution in [0.4, 0.5) is 4.79 Å². The minimum absolute atomic E-state index is 0.0113. The lowest BCUT2D eigenvalue weighted by molar-refractivity contribution is 0.0841. The fraction of sp³-hybridized carbons (Fsp3) is 0.385. The van der Waals surface area contributed by atoms with Gasteiger partial charge in [0.15, 0.2) is 29.1 Å². The van der Waals surface area contributed by atoms with Crippen molar-refractivity contribution in [2.24, 2.45) is 0 Å². The number of pyridine rings is 1. The van der Waals surface area contributed by atoms with E-state index in [1.54, 1.807) is 25.1 Å². The number of rotatable bonds is 9. The molecule has 0 aliphatic heterocycles. The minimum atomic E-state index is -0.947. The zero-order valence-corrected chi connectivity index (χ0v) is 23.5. The van der Waals surface area contributed by atoms with E-state index >= 15 is 0 Å². The average molecular weight is 565 g/mol. The molecule has 2 aromatic heterocycles. The van der Waals surface area contributed by atoms with E-state index in [1.165, 1.54) is 19.5 Å². The van der Waals surface area contributed by atoms with Gasteiger partial charge in [-0.3, -0.25) is 9.78 Å². The van der Waals surface area contributed by atoms with E-state index in [0.29, 0.717) is 39.3 Å². The standard InChI is InChI=1S/C26H30Cl2N4O6/c1-7-36-20-10-15(8-9-19(20)35-6)24-31-21(22(38-24)14(2)37-25(34)32-26(3,4)5)23(33)30-11-16-17(27)12-29-13-18(16)28/h8-10,12-14H,7,11H2,1-6H3,(H,30,33)(H,32,34)/t14-/m0/s1. The number of aromatic nitrogens is 2. The molecule has 0 radical (unpaired) electrons. The average Bonchev–Trinajstić information content (AvgIpc) is 3.28. The van der Waals surface area contributed by atoms with Gasteiger partial charge in [0.2, 0.25) is 5.89 Å². The van der Waals surface area contributed by atoms with Crippen molar-refractivity contribution >= 4 is 35.2 Å². The van der Waals surface area contributed by atoms with Gasteiger partial charge < -0.3 is 29.3 Å². The highest BCUT2D eigenvalue weighted by Gasteiger charge is 2.29. The molecule has 1 atom stereocenters. The molecule has 0 saturated carbocycles. The van der Waals surface area contributed by atoms with Crippen molar-refractivity contribution in [1.82, 2.24) is 20.6 Å². The first kappa shape index (κ1) is 29.1. The van der Waals surface area contributed by atoms with Crippen molar-refractivity contribution in [3.63, 3.8) is 0 Å². The van der Waals surface area contributed by atoms with Crippen LogP contribution in [-0.2, 0) is 11.3 Å². The van der Waals surface area contributed by atoms with Gasteiger partial charge in [0.05, 0.1) is 23.8 Å². The second-order valence-electron chi connectivity index (χ2n) is 9.22. The summed E-state index contributed by atoms with van der Waals surface area (Å²) in [5.74, 6) is 0.614. The number of halogens is 2. The predicted octanol–water partition coefficient (Wildman–Crippen LogP) is 5.97. The normalized spacial score (nSPS) is 12.0. The number of carbonyl (C=O) groups excluding carboxylic acids is 2. The van der Waals surface area contributed by atoms with Gasteiger partial charge in [-0.2, -0.15) is 0 Å². The van der Waals surface area contributed by atoms with Crippen molar-refractivity contribution < 1.29 is 28.2 Å². The third-order valence-corrected chi connectivity index (χ3v) is 5.74. The summed E-state index contributed by atoms with van der Waals surface area (Å²) >= 11 is 12.4. The lowest BCUT2D eigenvalue weighted by Gasteiger charge is -2.21. The van der Waals surface area contributed by atoms with Crippen molar-refractivity contribution in [2.45, 2.75) is 52.8 Å². The van der Waals surface area contributed by atoms with Crippen molar-refractivity contribution in [3.8, 4) is 23.0 Å². The van der Waals surface area contributed by atoms with Gasteiger partial charge in [-0.15, -0.1) is 0 Å². The number of carbonyl (C=O) groups is 2. The van der Waals surface area contributed by atoms with Gasteiger partial charge in [-0.25, -0.2) is 9.78 Å². The molecule has 1 aromatic carbocycles. The molecule has 2 N–H and O–H groups in total. The molecule has 0 saturated heterocycles. The van der Waals surface area contributed by atoms with E-state index < -0.39 is 23.6 Å². The van der Waals surface area contributed by atoms with E-state index in [1.807, 2.05) is 27.7 Å². The first-order chi connectivity index (χ1) is 17.9. The first-order valence-electron chi connectivity index (χ1n) is 11.8. The summed E-state index contributed by atoms with van der Waals surface area (Å²) in [7, 11) is 1.53. The third-order valence-electron chi connectivity index (χ3n) is 5.09. The zero-order valence-electron chi connectivity index (χ0n) is 22.0. The highest BCUT2D eigenvalue weighted by Crippen LogP contribution is 2.34. The third kappa shape index (κ3) is 7.29. The molecule has 38 heavy (non-hydrogen) atoms. The molecule has 10 nitrogen and oxygen atoms in total. The Morgan fingerprint density at radius 2 is 1.82 bits per heavy atom. The number of ether oxygens (including phenoxy) is 3. The topological polar surface area (TPSA) is 125 Å². The van der Waals surface area contributed by atoms with Gasteiger partial charge in [0.1, 0.15) is 0 Å². The van der Waals surface area contributed by atoms with Gasteiger partial charge in [-0.1, -0.05) is 23.2 Å². The number of alkyl carbamates (subject to hydrolysis) is 1. The van der Waals surface area contributed by atoms with Crippen LogP contribution in [0.15, 0.2) is 35.0 Å². The molecule has 204 valence electrons. The second-order valence-corrected chi connectivity index (χ2v) is 10.0. The van der Waals surface area contributed by atoms with Crippen LogP contribution in [0.5, 0.6) is 11.5 Å².